The SMILES string of the molecule is Cc1cnc(Cl)c(NC(=O)Cc2ccccc2Cl)c1. The number of aromatic nitrogens is 1. The van der Waals surface area contributed by atoms with Gasteiger partial charge in [-0.2, -0.15) is 0 Å². The van der Waals surface area contributed by atoms with Gasteiger partial charge in [0, 0.05) is 11.2 Å². The maximum Gasteiger partial charge on any atom is 0.228 e. The molecule has 2 rings (SSSR count). The molecule has 0 saturated heterocycles. The molecule has 0 aliphatic heterocycles. The van der Waals surface area contributed by atoms with Gasteiger partial charge in [0.05, 0.1) is 12.1 Å². The molecule has 0 unspecified atom stereocenters. The van der Waals surface area contributed by atoms with Crippen LogP contribution in [0.5, 0.6) is 0 Å². The van der Waals surface area contributed by atoms with E-state index in [0.717, 1.165) is 11.1 Å². The Labute approximate surface area is 121 Å². The summed E-state index contributed by atoms with van der Waals surface area (Å²) >= 11 is 11.9. The number of amides is 1. The first-order chi connectivity index (χ1) is 9.06. The number of benzene rings is 1. The first kappa shape index (κ1) is 13.8. The molecule has 0 spiro atoms. The molecule has 0 saturated carbocycles. The van der Waals surface area contributed by atoms with Crippen LogP contribution >= 0.6 is 23.2 Å². The Hall–Kier alpha value is -1.58. The molecule has 5 heteroatoms. The van der Waals surface area contributed by atoms with Crippen molar-refractivity contribution in [2.24, 2.45) is 0 Å². The maximum atomic E-state index is 11.9. The number of hydrogen-bond acceptors (Lipinski definition) is 2. The largest absolute Gasteiger partial charge is 0.323 e. The highest BCUT2D eigenvalue weighted by Crippen LogP contribution is 2.21. The summed E-state index contributed by atoms with van der Waals surface area (Å²) in [5, 5.41) is 3.59. The van der Waals surface area contributed by atoms with Crippen LogP contribution in [-0.4, -0.2) is 10.9 Å². The van der Waals surface area contributed by atoms with E-state index < -0.39 is 0 Å². The standard InChI is InChI=1S/C14H12Cl2N2O/c1-9-6-12(14(16)17-8-9)18-13(19)7-10-4-2-3-5-11(10)15/h2-6,8H,7H2,1H3,(H,18,19). The van der Waals surface area contributed by atoms with Crippen LogP contribution in [0.3, 0.4) is 0 Å². The van der Waals surface area contributed by atoms with E-state index in [0.29, 0.717) is 10.7 Å². The Bertz CT molecular complexity index is 614. The van der Waals surface area contributed by atoms with Crippen molar-refractivity contribution in [1.82, 2.24) is 4.98 Å². The van der Waals surface area contributed by atoms with Crippen molar-refractivity contribution in [1.29, 1.82) is 0 Å². The third-order valence-electron chi connectivity index (χ3n) is 2.56. The maximum absolute atomic E-state index is 11.9. The molecule has 2 aromatic rings. The molecular weight excluding hydrogens is 283 g/mol. The summed E-state index contributed by atoms with van der Waals surface area (Å²) in [5.41, 5.74) is 2.22. The number of pyridine rings is 1. The summed E-state index contributed by atoms with van der Waals surface area (Å²) in [6.07, 6.45) is 1.84. The van der Waals surface area contributed by atoms with E-state index in [1.165, 1.54) is 0 Å². The van der Waals surface area contributed by atoms with Gasteiger partial charge >= 0.3 is 0 Å². The van der Waals surface area contributed by atoms with Gasteiger partial charge in [-0.15, -0.1) is 0 Å². The van der Waals surface area contributed by atoms with Gasteiger partial charge in [0.25, 0.3) is 0 Å². The molecule has 1 aromatic carbocycles. The summed E-state index contributed by atoms with van der Waals surface area (Å²) in [6.45, 7) is 1.88. The Morgan fingerprint density at radius 1 is 1.32 bits per heavy atom. The van der Waals surface area contributed by atoms with Crippen molar-refractivity contribution in [2.45, 2.75) is 13.3 Å². The molecule has 0 aliphatic rings. The molecule has 0 atom stereocenters. The zero-order chi connectivity index (χ0) is 13.8. The fourth-order valence-corrected chi connectivity index (χ4v) is 2.00. The Morgan fingerprint density at radius 2 is 2.05 bits per heavy atom. The van der Waals surface area contributed by atoms with Gasteiger partial charge in [0.15, 0.2) is 5.15 Å². The van der Waals surface area contributed by atoms with Crippen LogP contribution in [0.15, 0.2) is 36.5 Å². The van der Waals surface area contributed by atoms with Gasteiger partial charge < -0.3 is 5.32 Å². The molecule has 1 N–H and O–H groups in total. The quantitative estimate of drug-likeness (QED) is 0.873. The molecule has 1 aromatic heterocycles. The third kappa shape index (κ3) is 3.69. The van der Waals surface area contributed by atoms with Crippen molar-refractivity contribution in [3.05, 3.63) is 57.8 Å². The van der Waals surface area contributed by atoms with E-state index in [1.54, 1.807) is 18.3 Å². The van der Waals surface area contributed by atoms with Crippen LogP contribution in [0.25, 0.3) is 0 Å². The summed E-state index contributed by atoms with van der Waals surface area (Å²) in [7, 11) is 0. The number of nitrogens with zero attached hydrogens (tertiary/aromatic N) is 1. The second-order valence-corrected chi connectivity index (χ2v) is 4.93. The summed E-state index contributed by atoms with van der Waals surface area (Å²) in [6, 6.07) is 9.02. The molecule has 0 aliphatic carbocycles. The lowest BCUT2D eigenvalue weighted by Gasteiger charge is -2.08. The molecule has 3 nitrogen and oxygen atoms in total. The fourth-order valence-electron chi connectivity index (χ4n) is 1.65. The summed E-state index contributed by atoms with van der Waals surface area (Å²) < 4.78 is 0. The second-order valence-electron chi connectivity index (χ2n) is 4.17. The zero-order valence-electron chi connectivity index (χ0n) is 10.3. The molecule has 0 fully saturated rings. The number of hydrogen-bond donors (Lipinski definition) is 1. The predicted molar refractivity (Wildman–Crippen MR) is 77.8 cm³/mol. The van der Waals surface area contributed by atoms with E-state index in [-0.39, 0.29) is 17.5 Å². The predicted octanol–water partition coefficient (Wildman–Crippen LogP) is 3.88. The number of aryl methyl sites for hydroxylation is 1. The molecular formula is C14H12Cl2N2O. The van der Waals surface area contributed by atoms with E-state index in [1.807, 2.05) is 25.1 Å². The molecule has 0 radical (unpaired) electrons. The van der Waals surface area contributed by atoms with Crippen molar-refractivity contribution >= 4 is 34.8 Å². The Balaban J connectivity index is 2.10. The van der Waals surface area contributed by atoms with E-state index in [9.17, 15) is 4.79 Å². The number of carbonyl (C=O) groups excluding carboxylic acids is 1. The van der Waals surface area contributed by atoms with Crippen molar-refractivity contribution < 1.29 is 4.79 Å². The average molecular weight is 295 g/mol. The minimum absolute atomic E-state index is 0.178. The first-order valence-corrected chi connectivity index (χ1v) is 6.47. The number of anilines is 1. The molecule has 0 bridgehead atoms. The normalized spacial score (nSPS) is 10.3. The van der Waals surface area contributed by atoms with Gasteiger partial charge in [0.2, 0.25) is 5.91 Å². The van der Waals surface area contributed by atoms with Crippen LogP contribution in [0.4, 0.5) is 5.69 Å². The highest BCUT2D eigenvalue weighted by Gasteiger charge is 2.09. The summed E-state index contributed by atoms with van der Waals surface area (Å²) in [4.78, 5) is 15.9. The Morgan fingerprint density at radius 3 is 2.79 bits per heavy atom. The zero-order valence-corrected chi connectivity index (χ0v) is 11.8. The topological polar surface area (TPSA) is 42.0 Å². The first-order valence-electron chi connectivity index (χ1n) is 5.71. The van der Waals surface area contributed by atoms with Gasteiger partial charge in [-0.25, -0.2) is 4.98 Å². The van der Waals surface area contributed by atoms with E-state index in [2.05, 4.69) is 10.3 Å². The molecule has 19 heavy (non-hydrogen) atoms. The van der Waals surface area contributed by atoms with Crippen LogP contribution in [0, 0.1) is 6.92 Å². The fraction of sp³-hybridized carbons (Fsp3) is 0.143. The minimum atomic E-state index is -0.178. The minimum Gasteiger partial charge on any atom is -0.323 e. The number of nitrogens with one attached hydrogen (secondary N) is 1. The highest BCUT2D eigenvalue weighted by molar-refractivity contribution is 6.32. The van der Waals surface area contributed by atoms with Gasteiger partial charge in [-0.05, 0) is 30.2 Å². The van der Waals surface area contributed by atoms with Crippen LogP contribution in [-0.2, 0) is 11.2 Å². The lowest BCUT2D eigenvalue weighted by Crippen LogP contribution is -2.15. The average Bonchev–Trinajstić information content (AvgIpc) is 2.37. The van der Waals surface area contributed by atoms with Gasteiger partial charge in [-0.3, -0.25) is 4.79 Å². The van der Waals surface area contributed by atoms with Crippen molar-refractivity contribution in [3.63, 3.8) is 0 Å². The van der Waals surface area contributed by atoms with E-state index >= 15 is 0 Å². The lowest BCUT2D eigenvalue weighted by atomic mass is 10.1. The number of carbonyl (C=O) groups is 1. The highest BCUT2D eigenvalue weighted by atomic mass is 35.5. The third-order valence-corrected chi connectivity index (χ3v) is 3.23. The lowest BCUT2D eigenvalue weighted by molar-refractivity contribution is -0.115. The monoisotopic (exact) mass is 294 g/mol. The molecule has 1 amide bonds. The molecule has 98 valence electrons. The smallest absolute Gasteiger partial charge is 0.228 e. The van der Waals surface area contributed by atoms with Crippen LogP contribution in [0.1, 0.15) is 11.1 Å². The Kier molecular flexibility index (Phi) is 4.40. The van der Waals surface area contributed by atoms with Crippen molar-refractivity contribution in [2.75, 3.05) is 5.32 Å². The van der Waals surface area contributed by atoms with E-state index in [4.69, 9.17) is 23.2 Å². The van der Waals surface area contributed by atoms with Gasteiger partial charge in [-0.1, -0.05) is 41.4 Å². The van der Waals surface area contributed by atoms with Crippen LogP contribution in [0.2, 0.25) is 10.2 Å². The number of rotatable bonds is 3. The van der Waals surface area contributed by atoms with Crippen molar-refractivity contribution in [3.8, 4) is 0 Å². The summed E-state index contributed by atoms with van der Waals surface area (Å²) in [5.74, 6) is -0.178. The van der Waals surface area contributed by atoms with Crippen LogP contribution < -0.4 is 5.32 Å². The number of halogens is 2. The van der Waals surface area contributed by atoms with Gasteiger partial charge in [0.1, 0.15) is 0 Å². The molecule has 1 heterocycles. The second kappa shape index (κ2) is 6.04.